The number of amides is 1. The van der Waals surface area contributed by atoms with Crippen LogP contribution in [0.4, 0.5) is 9.18 Å². The molecule has 1 saturated heterocycles. The molecule has 0 N–H and O–H groups in total. The Hall–Kier alpha value is -2.15. The van der Waals surface area contributed by atoms with E-state index >= 15 is 0 Å². The molecule has 0 saturated carbocycles. The van der Waals surface area contributed by atoms with Gasteiger partial charge < -0.3 is 14.4 Å². The van der Waals surface area contributed by atoms with Crippen molar-refractivity contribution in [3.63, 3.8) is 0 Å². The van der Waals surface area contributed by atoms with Gasteiger partial charge in [0, 0.05) is 38.8 Å². The molecular formula is C18H25FN2O4. The van der Waals surface area contributed by atoms with Crippen molar-refractivity contribution in [1.29, 1.82) is 0 Å². The molecule has 1 aromatic rings. The van der Waals surface area contributed by atoms with Crippen molar-refractivity contribution in [2.45, 2.75) is 26.4 Å². The summed E-state index contributed by atoms with van der Waals surface area (Å²) in [5, 5.41) is 0. The molecule has 0 atom stereocenters. The fourth-order valence-electron chi connectivity index (χ4n) is 2.47. The number of nitrogens with zero attached hydrogens (tertiary/aromatic N) is 2. The third-order valence-electron chi connectivity index (χ3n) is 3.80. The van der Waals surface area contributed by atoms with Crippen LogP contribution >= 0.6 is 0 Å². The number of carbonyl (C=O) groups is 2. The van der Waals surface area contributed by atoms with Crippen molar-refractivity contribution in [1.82, 2.24) is 9.80 Å². The monoisotopic (exact) mass is 352 g/mol. The van der Waals surface area contributed by atoms with E-state index in [4.69, 9.17) is 9.47 Å². The summed E-state index contributed by atoms with van der Waals surface area (Å²) in [4.78, 5) is 26.5. The minimum absolute atomic E-state index is 0.0191. The van der Waals surface area contributed by atoms with Gasteiger partial charge >= 0.3 is 6.09 Å². The van der Waals surface area contributed by atoms with Crippen molar-refractivity contribution in [2.24, 2.45) is 0 Å². The van der Waals surface area contributed by atoms with Crippen molar-refractivity contribution >= 4 is 12.4 Å². The maximum atomic E-state index is 13.5. The molecule has 138 valence electrons. The Morgan fingerprint density at radius 1 is 1.24 bits per heavy atom. The van der Waals surface area contributed by atoms with Crippen LogP contribution in [0.1, 0.15) is 31.1 Å². The molecule has 0 aliphatic carbocycles. The molecule has 0 radical (unpaired) electrons. The topological polar surface area (TPSA) is 59.1 Å². The Kier molecular flexibility index (Phi) is 6.36. The van der Waals surface area contributed by atoms with Crippen molar-refractivity contribution < 1.29 is 23.5 Å². The highest BCUT2D eigenvalue weighted by atomic mass is 19.1. The SMILES string of the molecule is CC(C)(C)OC(=O)N1CCN(CCOc2ccc(C=O)c(F)c2)CC1. The standard InChI is InChI=1S/C18H25FN2O4/c1-18(2,3)25-17(23)21-8-6-20(7-9-21)10-11-24-15-5-4-14(13-22)16(19)12-15/h4-5,12-13H,6-11H2,1-3H3. The molecule has 25 heavy (non-hydrogen) atoms. The second-order valence-corrected chi connectivity index (χ2v) is 6.96. The van der Waals surface area contributed by atoms with E-state index in [0.717, 1.165) is 13.1 Å². The number of piperazine rings is 1. The molecular weight excluding hydrogens is 327 g/mol. The van der Waals surface area contributed by atoms with Gasteiger partial charge in [-0.15, -0.1) is 0 Å². The van der Waals surface area contributed by atoms with Gasteiger partial charge in [-0.2, -0.15) is 0 Å². The van der Waals surface area contributed by atoms with Gasteiger partial charge in [0.2, 0.25) is 0 Å². The van der Waals surface area contributed by atoms with Crippen molar-refractivity contribution in [2.75, 3.05) is 39.3 Å². The molecule has 1 aliphatic heterocycles. The number of ether oxygens (including phenoxy) is 2. The molecule has 1 aromatic carbocycles. The van der Waals surface area contributed by atoms with E-state index in [1.165, 1.54) is 12.1 Å². The number of hydrogen-bond donors (Lipinski definition) is 0. The Balaban J connectivity index is 1.71. The summed E-state index contributed by atoms with van der Waals surface area (Å²) in [7, 11) is 0. The van der Waals surface area contributed by atoms with Crippen LogP contribution in [0.3, 0.4) is 0 Å². The van der Waals surface area contributed by atoms with E-state index in [0.29, 0.717) is 38.3 Å². The lowest BCUT2D eigenvalue weighted by Gasteiger charge is -2.35. The third-order valence-corrected chi connectivity index (χ3v) is 3.80. The minimum Gasteiger partial charge on any atom is -0.492 e. The lowest BCUT2D eigenvalue weighted by molar-refractivity contribution is 0.0137. The minimum atomic E-state index is -0.585. The van der Waals surface area contributed by atoms with E-state index < -0.39 is 11.4 Å². The molecule has 0 bridgehead atoms. The molecule has 0 spiro atoms. The van der Waals surface area contributed by atoms with Crippen LogP contribution in [0.25, 0.3) is 0 Å². The summed E-state index contributed by atoms with van der Waals surface area (Å²) in [6.07, 6.45) is 0.192. The molecule has 1 aliphatic rings. The van der Waals surface area contributed by atoms with Crippen LogP contribution in [-0.4, -0.2) is 67.1 Å². The van der Waals surface area contributed by atoms with E-state index in [9.17, 15) is 14.0 Å². The Bertz CT molecular complexity index is 608. The van der Waals surface area contributed by atoms with Crippen LogP contribution in [-0.2, 0) is 4.74 Å². The highest BCUT2D eigenvalue weighted by Crippen LogP contribution is 2.16. The van der Waals surface area contributed by atoms with E-state index in [1.807, 2.05) is 20.8 Å². The predicted molar refractivity (Wildman–Crippen MR) is 91.5 cm³/mol. The Morgan fingerprint density at radius 3 is 2.48 bits per heavy atom. The van der Waals surface area contributed by atoms with Crippen molar-refractivity contribution in [3.05, 3.63) is 29.6 Å². The Morgan fingerprint density at radius 2 is 1.92 bits per heavy atom. The summed E-state index contributed by atoms with van der Waals surface area (Å²) in [6.45, 7) is 9.33. The zero-order valence-corrected chi connectivity index (χ0v) is 15.0. The van der Waals surface area contributed by atoms with Crippen LogP contribution in [0.15, 0.2) is 18.2 Å². The summed E-state index contributed by atoms with van der Waals surface area (Å²) >= 11 is 0. The van der Waals surface area contributed by atoms with Gasteiger partial charge in [-0.25, -0.2) is 9.18 Å². The van der Waals surface area contributed by atoms with Gasteiger partial charge in [0.05, 0.1) is 5.56 Å². The highest BCUT2D eigenvalue weighted by Gasteiger charge is 2.25. The fourth-order valence-corrected chi connectivity index (χ4v) is 2.47. The maximum Gasteiger partial charge on any atom is 0.410 e. The zero-order valence-electron chi connectivity index (χ0n) is 15.0. The number of aldehydes is 1. The average molecular weight is 352 g/mol. The maximum absolute atomic E-state index is 13.5. The van der Waals surface area contributed by atoms with Crippen LogP contribution in [0, 0.1) is 5.82 Å². The van der Waals surface area contributed by atoms with Crippen LogP contribution in [0.5, 0.6) is 5.75 Å². The molecule has 7 heteroatoms. The van der Waals surface area contributed by atoms with Gasteiger partial charge in [-0.1, -0.05) is 0 Å². The van der Waals surface area contributed by atoms with Gasteiger partial charge in [0.15, 0.2) is 6.29 Å². The van der Waals surface area contributed by atoms with Crippen molar-refractivity contribution in [3.8, 4) is 5.75 Å². The normalized spacial score (nSPS) is 15.8. The van der Waals surface area contributed by atoms with Crippen LogP contribution < -0.4 is 4.74 Å². The molecule has 0 aromatic heterocycles. The van der Waals surface area contributed by atoms with E-state index in [1.54, 1.807) is 11.0 Å². The average Bonchev–Trinajstić information content (AvgIpc) is 2.54. The molecule has 1 amide bonds. The lowest BCUT2D eigenvalue weighted by Crippen LogP contribution is -2.50. The molecule has 6 nitrogen and oxygen atoms in total. The third kappa shape index (κ3) is 6.01. The number of halogens is 1. The second kappa shape index (κ2) is 8.29. The predicted octanol–water partition coefficient (Wildman–Crippen LogP) is 2.57. The van der Waals surface area contributed by atoms with Gasteiger partial charge in [-0.3, -0.25) is 9.69 Å². The first-order valence-corrected chi connectivity index (χ1v) is 8.36. The van der Waals surface area contributed by atoms with Gasteiger partial charge in [0.25, 0.3) is 0 Å². The first-order chi connectivity index (χ1) is 11.8. The quantitative estimate of drug-likeness (QED) is 0.763. The summed E-state index contributed by atoms with van der Waals surface area (Å²) in [5.41, 5.74) is -0.470. The fraction of sp³-hybridized carbons (Fsp3) is 0.556. The largest absolute Gasteiger partial charge is 0.492 e. The summed E-state index contributed by atoms with van der Waals surface area (Å²) in [6, 6.07) is 4.19. The molecule has 2 rings (SSSR count). The van der Waals surface area contributed by atoms with Gasteiger partial charge in [-0.05, 0) is 32.9 Å². The number of hydrogen-bond acceptors (Lipinski definition) is 5. The smallest absolute Gasteiger partial charge is 0.410 e. The first-order valence-electron chi connectivity index (χ1n) is 8.36. The molecule has 0 unspecified atom stereocenters. The first kappa shape index (κ1) is 19.2. The van der Waals surface area contributed by atoms with Gasteiger partial charge in [0.1, 0.15) is 23.8 Å². The van der Waals surface area contributed by atoms with Crippen LogP contribution in [0.2, 0.25) is 0 Å². The van der Waals surface area contributed by atoms with E-state index in [2.05, 4.69) is 4.90 Å². The molecule has 1 fully saturated rings. The number of rotatable bonds is 5. The van der Waals surface area contributed by atoms with E-state index in [-0.39, 0.29) is 11.7 Å². The summed E-state index contributed by atoms with van der Waals surface area (Å²) < 4.78 is 24.4. The highest BCUT2D eigenvalue weighted by molar-refractivity contribution is 5.75. The number of benzene rings is 1. The summed E-state index contributed by atoms with van der Waals surface area (Å²) in [5.74, 6) is -0.186. The zero-order chi connectivity index (χ0) is 18.4. The number of carbonyl (C=O) groups excluding carboxylic acids is 2. The lowest BCUT2D eigenvalue weighted by atomic mass is 10.2. The Labute approximate surface area is 147 Å². The second-order valence-electron chi connectivity index (χ2n) is 6.96. The molecule has 1 heterocycles.